The van der Waals surface area contributed by atoms with Crippen LogP contribution in [0.25, 0.3) is 0 Å². The van der Waals surface area contributed by atoms with Crippen LogP contribution in [-0.4, -0.2) is 16.9 Å². The SMILES string of the molecule is Cc1ccc(CC(NC(=O)C(C)C(C)N)c2ccccn2)cc1. The van der Waals surface area contributed by atoms with Crippen LogP contribution in [0.3, 0.4) is 0 Å². The smallest absolute Gasteiger partial charge is 0.224 e. The fraction of sp³-hybridized carbons (Fsp3) is 0.368. The molecule has 0 spiro atoms. The Hall–Kier alpha value is -2.20. The zero-order valence-electron chi connectivity index (χ0n) is 14.0. The highest BCUT2D eigenvalue weighted by atomic mass is 16.2. The maximum absolute atomic E-state index is 12.4. The fourth-order valence-electron chi connectivity index (χ4n) is 2.31. The minimum atomic E-state index is -0.237. The Balaban J connectivity index is 2.18. The molecule has 4 heteroatoms. The maximum Gasteiger partial charge on any atom is 0.224 e. The summed E-state index contributed by atoms with van der Waals surface area (Å²) in [6, 6.07) is 13.7. The van der Waals surface area contributed by atoms with Gasteiger partial charge >= 0.3 is 0 Å². The van der Waals surface area contributed by atoms with Gasteiger partial charge in [0, 0.05) is 18.2 Å². The third-order valence-electron chi connectivity index (χ3n) is 4.12. The molecule has 2 aromatic rings. The monoisotopic (exact) mass is 311 g/mol. The lowest BCUT2D eigenvalue weighted by atomic mass is 9.99. The van der Waals surface area contributed by atoms with E-state index in [0.29, 0.717) is 6.42 Å². The van der Waals surface area contributed by atoms with Gasteiger partial charge in [-0.25, -0.2) is 0 Å². The second-order valence-electron chi connectivity index (χ2n) is 6.15. The Kier molecular flexibility index (Phi) is 5.88. The lowest BCUT2D eigenvalue weighted by Gasteiger charge is -2.22. The number of hydrogen-bond acceptors (Lipinski definition) is 3. The number of carbonyl (C=O) groups excluding carboxylic acids is 1. The third-order valence-corrected chi connectivity index (χ3v) is 4.12. The topological polar surface area (TPSA) is 68.0 Å². The minimum absolute atomic E-state index is 0.0391. The Bertz CT molecular complexity index is 623. The number of aryl methyl sites for hydroxylation is 1. The number of aromatic nitrogens is 1. The average Bonchev–Trinajstić information content (AvgIpc) is 2.56. The number of nitrogens with one attached hydrogen (secondary N) is 1. The fourth-order valence-corrected chi connectivity index (χ4v) is 2.31. The first-order valence-corrected chi connectivity index (χ1v) is 8.00. The molecule has 0 aliphatic rings. The van der Waals surface area contributed by atoms with Crippen LogP contribution in [0.1, 0.15) is 36.7 Å². The van der Waals surface area contributed by atoms with Gasteiger partial charge in [0.25, 0.3) is 0 Å². The van der Waals surface area contributed by atoms with Gasteiger partial charge in [-0.1, -0.05) is 42.8 Å². The molecule has 3 unspecified atom stereocenters. The van der Waals surface area contributed by atoms with Crippen molar-refractivity contribution < 1.29 is 4.79 Å². The molecule has 1 amide bonds. The highest BCUT2D eigenvalue weighted by Gasteiger charge is 2.22. The van der Waals surface area contributed by atoms with Crippen molar-refractivity contribution >= 4 is 5.91 Å². The predicted molar refractivity (Wildman–Crippen MR) is 92.8 cm³/mol. The second kappa shape index (κ2) is 7.88. The molecule has 1 aromatic carbocycles. The van der Waals surface area contributed by atoms with Crippen molar-refractivity contribution in [2.75, 3.05) is 0 Å². The summed E-state index contributed by atoms with van der Waals surface area (Å²) in [5, 5.41) is 3.10. The van der Waals surface area contributed by atoms with E-state index in [9.17, 15) is 4.79 Å². The number of nitrogens with zero attached hydrogens (tertiary/aromatic N) is 1. The van der Waals surface area contributed by atoms with Crippen molar-refractivity contribution in [3.05, 3.63) is 65.5 Å². The molecule has 0 aliphatic carbocycles. The number of benzene rings is 1. The molecule has 2 rings (SSSR count). The van der Waals surface area contributed by atoms with Gasteiger partial charge < -0.3 is 11.1 Å². The summed E-state index contributed by atoms with van der Waals surface area (Å²) in [5.74, 6) is -0.276. The quantitative estimate of drug-likeness (QED) is 0.862. The van der Waals surface area contributed by atoms with Crippen molar-refractivity contribution in [2.24, 2.45) is 11.7 Å². The molecule has 0 saturated carbocycles. The van der Waals surface area contributed by atoms with Crippen LogP contribution in [0, 0.1) is 12.8 Å². The van der Waals surface area contributed by atoms with E-state index >= 15 is 0 Å². The Morgan fingerprint density at radius 2 is 1.87 bits per heavy atom. The van der Waals surface area contributed by atoms with Crippen LogP contribution in [-0.2, 0) is 11.2 Å². The molecular weight excluding hydrogens is 286 g/mol. The summed E-state index contributed by atoms with van der Waals surface area (Å²) in [6.07, 6.45) is 2.45. The molecule has 3 atom stereocenters. The maximum atomic E-state index is 12.4. The third kappa shape index (κ3) is 4.89. The number of hydrogen-bond donors (Lipinski definition) is 2. The van der Waals surface area contributed by atoms with E-state index in [2.05, 4.69) is 41.5 Å². The molecule has 1 heterocycles. The predicted octanol–water partition coefficient (Wildman–Crippen LogP) is 2.77. The Morgan fingerprint density at radius 1 is 1.17 bits per heavy atom. The van der Waals surface area contributed by atoms with Crippen molar-refractivity contribution in [2.45, 2.75) is 39.3 Å². The molecular formula is C19H25N3O. The average molecular weight is 311 g/mol. The summed E-state index contributed by atoms with van der Waals surface area (Å²) in [7, 11) is 0. The first-order valence-electron chi connectivity index (χ1n) is 8.00. The van der Waals surface area contributed by atoms with Gasteiger partial charge in [0.1, 0.15) is 0 Å². The number of carbonyl (C=O) groups is 1. The summed E-state index contributed by atoms with van der Waals surface area (Å²) >= 11 is 0. The summed E-state index contributed by atoms with van der Waals surface area (Å²) in [6.45, 7) is 5.76. The summed E-state index contributed by atoms with van der Waals surface area (Å²) < 4.78 is 0. The van der Waals surface area contributed by atoms with Crippen LogP contribution in [0.5, 0.6) is 0 Å². The zero-order chi connectivity index (χ0) is 16.8. The largest absolute Gasteiger partial charge is 0.347 e. The minimum Gasteiger partial charge on any atom is -0.347 e. The van der Waals surface area contributed by atoms with Gasteiger partial charge in [0.2, 0.25) is 5.91 Å². The van der Waals surface area contributed by atoms with Crippen molar-refractivity contribution in [1.82, 2.24) is 10.3 Å². The van der Waals surface area contributed by atoms with Gasteiger partial charge in [-0.3, -0.25) is 9.78 Å². The van der Waals surface area contributed by atoms with Crippen LogP contribution < -0.4 is 11.1 Å². The van der Waals surface area contributed by atoms with E-state index in [1.54, 1.807) is 6.20 Å². The van der Waals surface area contributed by atoms with Gasteiger partial charge in [-0.2, -0.15) is 0 Å². The molecule has 0 saturated heterocycles. The zero-order valence-corrected chi connectivity index (χ0v) is 14.0. The summed E-state index contributed by atoms with van der Waals surface area (Å²) in [5.41, 5.74) is 9.09. The standard InChI is InChI=1S/C19H25N3O/c1-13-7-9-16(10-8-13)12-18(17-6-4-5-11-21-17)22-19(23)14(2)15(3)20/h4-11,14-15,18H,12,20H2,1-3H3,(H,22,23). The molecule has 4 nitrogen and oxygen atoms in total. The van der Waals surface area contributed by atoms with Gasteiger partial charge in [-0.15, -0.1) is 0 Å². The van der Waals surface area contributed by atoms with E-state index in [1.807, 2.05) is 32.0 Å². The van der Waals surface area contributed by atoms with Crippen LogP contribution in [0.4, 0.5) is 0 Å². The highest BCUT2D eigenvalue weighted by Crippen LogP contribution is 2.18. The van der Waals surface area contributed by atoms with Crippen LogP contribution in [0.2, 0.25) is 0 Å². The molecule has 3 N–H and O–H groups in total. The van der Waals surface area contributed by atoms with E-state index in [4.69, 9.17) is 5.73 Å². The number of pyridine rings is 1. The van der Waals surface area contributed by atoms with Crippen LogP contribution >= 0.6 is 0 Å². The number of amides is 1. The molecule has 0 radical (unpaired) electrons. The van der Waals surface area contributed by atoms with E-state index in [0.717, 1.165) is 5.69 Å². The number of nitrogens with two attached hydrogens (primary N) is 1. The van der Waals surface area contributed by atoms with Gasteiger partial charge in [-0.05, 0) is 38.0 Å². The van der Waals surface area contributed by atoms with E-state index < -0.39 is 0 Å². The molecule has 0 aliphatic heterocycles. The Labute approximate surface area is 138 Å². The van der Waals surface area contributed by atoms with E-state index in [-0.39, 0.29) is 23.9 Å². The summed E-state index contributed by atoms with van der Waals surface area (Å²) in [4.78, 5) is 16.8. The van der Waals surface area contributed by atoms with Crippen molar-refractivity contribution in [1.29, 1.82) is 0 Å². The van der Waals surface area contributed by atoms with Gasteiger partial charge in [0.05, 0.1) is 11.7 Å². The lowest BCUT2D eigenvalue weighted by molar-refractivity contribution is -0.125. The van der Waals surface area contributed by atoms with Crippen molar-refractivity contribution in [3.8, 4) is 0 Å². The highest BCUT2D eigenvalue weighted by molar-refractivity contribution is 5.79. The molecule has 1 aromatic heterocycles. The molecule has 0 fully saturated rings. The van der Waals surface area contributed by atoms with Gasteiger partial charge in [0.15, 0.2) is 0 Å². The molecule has 122 valence electrons. The van der Waals surface area contributed by atoms with E-state index in [1.165, 1.54) is 11.1 Å². The normalized spacial score (nSPS) is 14.8. The van der Waals surface area contributed by atoms with Crippen LogP contribution in [0.15, 0.2) is 48.7 Å². The first-order chi connectivity index (χ1) is 11.0. The lowest BCUT2D eigenvalue weighted by Crippen LogP contribution is -2.41. The van der Waals surface area contributed by atoms with Crippen molar-refractivity contribution in [3.63, 3.8) is 0 Å². The molecule has 0 bridgehead atoms. The second-order valence-corrected chi connectivity index (χ2v) is 6.15. The number of rotatable bonds is 6. The first kappa shape index (κ1) is 17.2. The molecule has 23 heavy (non-hydrogen) atoms. The Morgan fingerprint density at radius 3 is 2.43 bits per heavy atom.